The standard InChI is InChI=1S/C17H13FN4OS2/c1-9-16(25-10(2)20-9)14-8-24-17(21-14)22-15(23)6-11-3-12(7-19)5-13(18)4-11/h3-5,8H,6H2,1-2H3,(H,21,22,23). The van der Waals surface area contributed by atoms with Gasteiger partial charge in [-0.2, -0.15) is 5.26 Å². The average Bonchev–Trinajstić information content (AvgIpc) is 3.12. The van der Waals surface area contributed by atoms with Gasteiger partial charge >= 0.3 is 0 Å². The molecule has 5 nitrogen and oxygen atoms in total. The number of benzene rings is 1. The van der Waals surface area contributed by atoms with Gasteiger partial charge in [0, 0.05) is 5.38 Å². The lowest BCUT2D eigenvalue weighted by molar-refractivity contribution is -0.115. The molecule has 1 N–H and O–H groups in total. The Morgan fingerprint density at radius 2 is 2.12 bits per heavy atom. The highest BCUT2D eigenvalue weighted by molar-refractivity contribution is 7.16. The van der Waals surface area contributed by atoms with Crippen molar-refractivity contribution in [2.45, 2.75) is 20.3 Å². The quantitative estimate of drug-likeness (QED) is 0.748. The third kappa shape index (κ3) is 4.07. The molecule has 2 heterocycles. The lowest BCUT2D eigenvalue weighted by atomic mass is 10.1. The second-order valence-corrected chi connectivity index (χ2v) is 7.43. The molecular weight excluding hydrogens is 359 g/mol. The molecule has 1 aromatic carbocycles. The first kappa shape index (κ1) is 17.2. The lowest BCUT2D eigenvalue weighted by Gasteiger charge is -2.03. The van der Waals surface area contributed by atoms with Crippen molar-refractivity contribution in [1.82, 2.24) is 9.97 Å². The number of amides is 1. The fraction of sp³-hybridized carbons (Fsp3) is 0.176. The number of thiazole rings is 2. The van der Waals surface area contributed by atoms with E-state index in [-0.39, 0.29) is 17.9 Å². The van der Waals surface area contributed by atoms with Crippen LogP contribution in [0.15, 0.2) is 23.6 Å². The zero-order chi connectivity index (χ0) is 18.0. The summed E-state index contributed by atoms with van der Waals surface area (Å²) < 4.78 is 13.4. The van der Waals surface area contributed by atoms with Crippen LogP contribution in [0.2, 0.25) is 0 Å². The topological polar surface area (TPSA) is 78.7 Å². The van der Waals surface area contributed by atoms with Crippen LogP contribution < -0.4 is 5.32 Å². The first-order chi connectivity index (χ1) is 11.9. The van der Waals surface area contributed by atoms with Gasteiger partial charge in [-0.3, -0.25) is 4.79 Å². The van der Waals surface area contributed by atoms with Crippen molar-refractivity contribution in [3.05, 3.63) is 51.2 Å². The summed E-state index contributed by atoms with van der Waals surface area (Å²) in [5.41, 5.74) is 2.32. The predicted molar refractivity (Wildman–Crippen MR) is 96.1 cm³/mol. The molecule has 0 aliphatic heterocycles. The Kier molecular flexibility index (Phi) is 4.88. The maximum atomic E-state index is 13.4. The van der Waals surface area contributed by atoms with E-state index in [0.717, 1.165) is 27.3 Å². The lowest BCUT2D eigenvalue weighted by Crippen LogP contribution is -2.14. The normalized spacial score (nSPS) is 10.5. The van der Waals surface area contributed by atoms with E-state index in [1.165, 1.54) is 23.5 Å². The van der Waals surface area contributed by atoms with Gasteiger partial charge < -0.3 is 5.32 Å². The number of nitriles is 1. The molecule has 0 unspecified atom stereocenters. The van der Waals surface area contributed by atoms with E-state index in [4.69, 9.17) is 5.26 Å². The Morgan fingerprint density at radius 1 is 1.32 bits per heavy atom. The molecular formula is C17H13FN4OS2. The zero-order valence-corrected chi connectivity index (χ0v) is 15.1. The summed E-state index contributed by atoms with van der Waals surface area (Å²) in [4.78, 5) is 21.9. The Bertz CT molecular complexity index is 987. The minimum atomic E-state index is -0.533. The highest BCUT2D eigenvalue weighted by Crippen LogP contribution is 2.32. The second-order valence-electron chi connectivity index (χ2n) is 5.37. The summed E-state index contributed by atoms with van der Waals surface area (Å²) >= 11 is 2.88. The Hall–Kier alpha value is -2.63. The summed E-state index contributed by atoms with van der Waals surface area (Å²) in [5, 5.41) is 14.9. The van der Waals surface area contributed by atoms with Crippen LogP contribution in [0.5, 0.6) is 0 Å². The molecule has 3 rings (SSSR count). The van der Waals surface area contributed by atoms with Crippen LogP contribution in [-0.2, 0) is 11.2 Å². The van der Waals surface area contributed by atoms with Crippen LogP contribution >= 0.6 is 22.7 Å². The molecule has 3 aromatic rings. The number of hydrogen-bond donors (Lipinski definition) is 1. The number of aryl methyl sites for hydroxylation is 2. The number of rotatable bonds is 4. The van der Waals surface area contributed by atoms with Crippen LogP contribution in [0.4, 0.5) is 9.52 Å². The van der Waals surface area contributed by atoms with Gasteiger partial charge in [0.2, 0.25) is 5.91 Å². The fourth-order valence-corrected chi connectivity index (χ4v) is 4.04. The van der Waals surface area contributed by atoms with Gasteiger partial charge in [0.15, 0.2) is 5.13 Å². The van der Waals surface area contributed by atoms with Crippen molar-refractivity contribution in [3.8, 4) is 16.6 Å². The molecule has 1 amide bonds. The Labute approximate surface area is 151 Å². The van der Waals surface area contributed by atoms with Gasteiger partial charge in [0.1, 0.15) is 5.82 Å². The molecule has 8 heteroatoms. The number of nitrogens with one attached hydrogen (secondary N) is 1. The largest absolute Gasteiger partial charge is 0.302 e. The molecule has 0 spiro atoms. The maximum Gasteiger partial charge on any atom is 0.230 e. The highest BCUT2D eigenvalue weighted by atomic mass is 32.1. The number of nitrogens with zero attached hydrogens (tertiary/aromatic N) is 3. The third-order valence-electron chi connectivity index (χ3n) is 3.34. The van der Waals surface area contributed by atoms with Gasteiger partial charge in [-0.1, -0.05) is 0 Å². The number of anilines is 1. The van der Waals surface area contributed by atoms with E-state index >= 15 is 0 Å². The van der Waals surface area contributed by atoms with Crippen molar-refractivity contribution < 1.29 is 9.18 Å². The molecule has 0 saturated heterocycles. The first-order valence-electron chi connectivity index (χ1n) is 7.34. The summed E-state index contributed by atoms with van der Waals surface area (Å²) in [7, 11) is 0. The van der Waals surface area contributed by atoms with E-state index in [2.05, 4.69) is 15.3 Å². The number of carbonyl (C=O) groups excluding carboxylic acids is 1. The summed E-state index contributed by atoms with van der Waals surface area (Å²) in [6, 6.07) is 5.75. The molecule has 0 aliphatic rings. The van der Waals surface area contributed by atoms with Crippen molar-refractivity contribution in [3.63, 3.8) is 0 Å². The first-order valence-corrected chi connectivity index (χ1v) is 9.03. The predicted octanol–water partition coefficient (Wildman–Crippen LogP) is 4.08. The fourth-order valence-electron chi connectivity index (χ4n) is 2.37. The van der Waals surface area contributed by atoms with Crippen LogP contribution in [0, 0.1) is 31.0 Å². The van der Waals surface area contributed by atoms with Gasteiger partial charge in [-0.05, 0) is 37.6 Å². The van der Waals surface area contributed by atoms with Gasteiger partial charge in [-0.25, -0.2) is 14.4 Å². The minimum absolute atomic E-state index is 0.0277. The van der Waals surface area contributed by atoms with Crippen molar-refractivity contribution in [1.29, 1.82) is 5.26 Å². The van der Waals surface area contributed by atoms with E-state index < -0.39 is 5.82 Å². The molecule has 0 atom stereocenters. The molecule has 0 fully saturated rings. The molecule has 0 radical (unpaired) electrons. The SMILES string of the molecule is Cc1nc(C)c(-c2csc(NC(=O)Cc3cc(F)cc(C#N)c3)n2)s1. The number of aromatic nitrogens is 2. The van der Waals surface area contributed by atoms with Gasteiger partial charge in [-0.15, -0.1) is 22.7 Å². The average molecular weight is 372 g/mol. The molecule has 126 valence electrons. The van der Waals surface area contributed by atoms with E-state index in [0.29, 0.717) is 10.7 Å². The summed E-state index contributed by atoms with van der Waals surface area (Å²) in [6.45, 7) is 3.86. The van der Waals surface area contributed by atoms with Crippen LogP contribution in [0.3, 0.4) is 0 Å². The molecule has 0 saturated carbocycles. The molecule has 2 aromatic heterocycles. The monoisotopic (exact) mass is 372 g/mol. The Balaban J connectivity index is 1.71. The smallest absolute Gasteiger partial charge is 0.230 e. The maximum absolute atomic E-state index is 13.4. The van der Waals surface area contributed by atoms with Crippen molar-refractivity contribution in [2.75, 3.05) is 5.32 Å². The van der Waals surface area contributed by atoms with Crippen LogP contribution in [-0.4, -0.2) is 15.9 Å². The zero-order valence-electron chi connectivity index (χ0n) is 13.5. The molecule has 0 aliphatic carbocycles. The second kappa shape index (κ2) is 7.09. The minimum Gasteiger partial charge on any atom is -0.302 e. The molecule has 0 bridgehead atoms. The summed E-state index contributed by atoms with van der Waals surface area (Å²) in [6.07, 6.45) is -0.0277. The van der Waals surface area contributed by atoms with Crippen LogP contribution in [0.25, 0.3) is 10.6 Å². The third-order valence-corrected chi connectivity index (χ3v) is 5.19. The van der Waals surface area contributed by atoms with E-state index in [1.807, 2.05) is 25.3 Å². The van der Waals surface area contributed by atoms with Crippen molar-refractivity contribution in [2.24, 2.45) is 0 Å². The van der Waals surface area contributed by atoms with Crippen LogP contribution in [0.1, 0.15) is 21.8 Å². The van der Waals surface area contributed by atoms with E-state index in [9.17, 15) is 9.18 Å². The van der Waals surface area contributed by atoms with Gasteiger partial charge in [0.25, 0.3) is 0 Å². The highest BCUT2D eigenvalue weighted by Gasteiger charge is 2.13. The van der Waals surface area contributed by atoms with Gasteiger partial charge in [0.05, 0.1) is 39.3 Å². The number of halogens is 1. The van der Waals surface area contributed by atoms with Crippen molar-refractivity contribution >= 4 is 33.7 Å². The Morgan fingerprint density at radius 3 is 2.80 bits per heavy atom. The van der Waals surface area contributed by atoms with E-state index in [1.54, 1.807) is 11.3 Å². The number of hydrogen-bond acceptors (Lipinski definition) is 6. The molecule has 25 heavy (non-hydrogen) atoms. The number of carbonyl (C=O) groups is 1. The summed E-state index contributed by atoms with van der Waals surface area (Å²) in [5.74, 6) is -0.845.